The van der Waals surface area contributed by atoms with Crippen LogP contribution in [0.25, 0.3) is 0 Å². The molecule has 1 amide bonds. The first-order chi connectivity index (χ1) is 11.1. The maximum atomic E-state index is 10.5. The standard InChI is InChI=1S/C11H15NO.C10H14/c1-10(12(2)9-13)8-11-6-4-3-5-7-11;1-3-9(2)10-7-5-4-6-8-10/h3-7,9-10H,8H2,1-2H3;4-9H,3H2,1-2H3. The van der Waals surface area contributed by atoms with Crippen LogP contribution in [0.2, 0.25) is 0 Å². The summed E-state index contributed by atoms with van der Waals surface area (Å²) in [6, 6.07) is 21.1. The molecule has 0 heterocycles. The van der Waals surface area contributed by atoms with Gasteiger partial charge in [-0.05, 0) is 36.8 Å². The lowest BCUT2D eigenvalue weighted by Gasteiger charge is -2.19. The quantitative estimate of drug-likeness (QED) is 0.694. The second kappa shape index (κ2) is 10.6. The van der Waals surface area contributed by atoms with Crippen LogP contribution in [0.1, 0.15) is 44.2 Å². The zero-order chi connectivity index (χ0) is 17.1. The number of hydrogen-bond donors (Lipinski definition) is 0. The van der Waals surface area contributed by atoms with Crippen LogP contribution >= 0.6 is 0 Å². The molecule has 0 aliphatic rings. The third-order valence-corrected chi connectivity index (χ3v) is 4.22. The van der Waals surface area contributed by atoms with Crippen molar-refractivity contribution < 1.29 is 4.79 Å². The van der Waals surface area contributed by atoms with Crippen LogP contribution in [0.15, 0.2) is 60.7 Å². The van der Waals surface area contributed by atoms with Crippen LogP contribution in [0.4, 0.5) is 0 Å². The van der Waals surface area contributed by atoms with E-state index >= 15 is 0 Å². The summed E-state index contributed by atoms with van der Waals surface area (Å²) in [5, 5.41) is 0. The van der Waals surface area contributed by atoms with E-state index in [9.17, 15) is 4.79 Å². The van der Waals surface area contributed by atoms with Crippen molar-refractivity contribution in [3.8, 4) is 0 Å². The van der Waals surface area contributed by atoms with Gasteiger partial charge in [-0.3, -0.25) is 4.79 Å². The molecule has 124 valence electrons. The Kier molecular flexibility index (Phi) is 8.74. The maximum absolute atomic E-state index is 10.5. The van der Waals surface area contributed by atoms with Gasteiger partial charge in [-0.2, -0.15) is 0 Å². The molecule has 2 nitrogen and oxygen atoms in total. The molecule has 2 heteroatoms. The van der Waals surface area contributed by atoms with E-state index in [0.29, 0.717) is 5.92 Å². The van der Waals surface area contributed by atoms with Gasteiger partial charge in [0.2, 0.25) is 6.41 Å². The van der Waals surface area contributed by atoms with Crippen LogP contribution in [0.5, 0.6) is 0 Å². The molecule has 2 aromatic rings. The van der Waals surface area contributed by atoms with Gasteiger partial charge in [0.25, 0.3) is 0 Å². The number of amides is 1. The molecule has 0 saturated heterocycles. The Bertz CT molecular complexity index is 538. The average Bonchev–Trinajstić information content (AvgIpc) is 2.62. The number of nitrogens with zero attached hydrogens (tertiary/aromatic N) is 1. The van der Waals surface area contributed by atoms with Crippen molar-refractivity contribution in [3.63, 3.8) is 0 Å². The van der Waals surface area contributed by atoms with Gasteiger partial charge in [0.05, 0.1) is 0 Å². The molecule has 0 saturated carbocycles. The van der Waals surface area contributed by atoms with Gasteiger partial charge in [0, 0.05) is 13.1 Å². The van der Waals surface area contributed by atoms with Crippen LogP contribution in [-0.4, -0.2) is 24.4 Å². The normalized spacial score (nSPS) is 12.5. The zero-order valence-corrected chi connectivity index (χ0v) is 14.8. The van der Waals surface area contributed by atoms with Crippen molar-refractivity contribution in [2.45, 2.75) is 45.6 Å². The van der Waals surface area contributed by atoms with Crippen molar-refractivity contribution >= 4 is 6.41 Å². The number of rotatable bonds is 6. The summed E-state index contributed by atoms with van der Waals surface area (Å²) in [5.74, 6) is 0.709. The van der Waals surface area contributed by atoms with Gasteiger partial charge in [-0.25, -0.2) is 0 Å². The van der Waals surface area contributed by atoms with Gasteiger partial charge < -0.3 is 4.90 Å². The largest absolute Gasteiger partial charge is 0.345 e. The maximum Gasteiger partial charge on any atom is 0.209 e. The fourth-order valence-electron chi connectivity index (χ4n) is 2.22. The van der Waals surface area contributed by atoms with E-state index in [2.05, 4.69) is 56.3 Å². The molecule has 0 aliphatic carbocycles. The molecule has 2 atom stereocenters. The van der Waals surface area contributed by atoms with Gasteiger partial charge in [0.15, 0.2) is 0 Å². The van der Waals surface area contributed by atoms with Crippen molar-refractivity contribution in [1.29, 1.82) is 0 Å². The number of benzene rings is 2. The van der Waals surface area contributed by atoms with Crippen molar-refractivity contribution in [2.75, 3.05) is 7.05 Å². The highest BCUT2D eigenvalue weighted by atomic mass is 16.1. The smallest absolute Gasteiger partial charge is 0.209 e. The molecule has 0 fully saturated rings. The van der Waals surface area contributed by atoms with Crippen LogP contribution in [0.3, 0.4) is 0 Å². The lowest BCUT2D eigenvalue weighted by Crippen LogP contribution is -2.29. The zero-order valence-electron chi connectivity index (χ0n) is 14.8. The monoisotopic (exact) mass is 311 g/mol. The fourth-order valence-corrected chi connectivity index (χ4v) is 2.22. The van der Waals surface area contributed by atoms with Crippen molar-refractivity contribution in [3.05, 3.63) is 71.8 Å². The molecule has 0 N–H and O–H groups in total. The Hall–Kier alpha value is -2.09. The summed E-state index contributed by atoms with van der Waals surface area (Å²) < 4.78 is 0. The first-order valence-electron chi connectivity index (χ1n) is 8.34. The first-order valence-corrected chi connectivity index (χ1v) is 8.34. The fraction of sp³-hybridized carbons (Fsp3) is 0.381. The summed E-state index contributed by atoms with van der Waals surface area (Å²) in [7, 11) is 1.81. The molecular formula is C21H29NO. The minimum atomic E-state index is 0.264. The van der Waals surface area contributed by atoms with E-state index < -0.39 is 0 Å². The second-order valence-electron chi connectivity index (χ2n) is 6.03. The number of carbonyl (C=O) groups excluding carboxylic acids is 1. The van der Waals surface area contributed by atoms with Gasteiger partial charge in [-0.1, -0.05) is 74.5 Å². The molecule has 23 heavy (non-hydrogen) atoms. The number of hydrogen-bond acceptors (Lipinski definition) is 1. The van der Waals surface area contributed by atoms with Gasteiger partial charge in [-0.15, -0.1) is 0 Å². The van der Waals surface area contributed by atoms with Crippen molar-refractivity contribution in [1.82, 2.24) is 4.90 Å². The van der Waals surface area contributed by atoms with E-state index in [1.165, 1.54) is 17.5 Å². The predicted molar refractivity (Wildman–Crippen MR) is 98.6 cm³/mol. The summed E-state index contributed by atoms with van der Waals surface area (Å²) >= 11 is 0. The summed E-state index contributed by atoms with van der Waals surface area (Å²) in [6.45, 7) is 6.52. The highest BCUT2D eigenvalue weighted by Gasteiger charge is 2.06. The molecule has 0 aromatic heterocycles. The van der Waals surface area contributed by atoms with E-state index in [1.807, 2.05) is 25.1 Å². The minimum absolute atomic E-state index is 0.264. The molecule has 2 rings (SSSR count). The molecule has 0 spiro atoms. The van der Waals surface area contributed by atoms with Crippen molar-refractivity contribution in [2.24, 2.45) is 0 Å². The average molecular weight is 311 g/mol. The summed E-state index contributed by atoms with van der Waals surface area (Å²) in [4.78, 5) is 12.1. The van der Waals surface area contributed by atoms with E-state index in [1.54, 1.807) is 11.9 Å². The van der Waals surface area contributed by atoms with E-state index in [-0.39, 0.29) is 6.04 Å². The molecule has 2 unspecified atom stereocenters. The Labute approximate surface area is 141 Å². The summed E-state index contributed by atoms with van der Waals surface area (Å²) in [5.41, 5.74) is 2.72. The molecule has 2 aromatic carbocycles. The Morgan fingerprint density at radius 1 is 0.957 bits per heavy atom. The second-order valence-corrected chi connectivity index (χ2v) is 6.03. The van der Waals surface area contributed by atoms with Crippen LogP contribution in [-0.2, 0) is 11.2 Å². The van der Waals surface area contributed by atoms with Crippen LogP contribution < -0.4 is 0 Å². The lowest BCUT2D eigenvalue weighted by atomic mass is 9.99. The van der Waals surface area contributed by atoms with Crippen LogP contribution in [0, 0.1) is 0 Å². The SMILES string of the molecule is CC(Cc1ccccc1)N(C)C=O.CCC(C)c1ccccc1. The van der Waals surface area contributed by atoms with E-state index in [4.69, 9.17) is 0 Å². The summed E-state index contributed by atoms with van der Waals surface area (Å²) in [6.07, 6.45) is 3.01. The molecular weight excluding hydrogens is 282 g/mol. The highest BCUT2D eigenvalue weighted by Crippen LogP contribution is 2.16. The lowest BCUT2D eigenvalue weighted by molar-refractivity contribution is -0.118. The van der Waals surface area contributed by atoms with E-state index in [0.717, 1.165) is 12.8 Å². The van der Waals surface area contributed by atoms with Gasteiger partial charge in [0.1, 0.15) is 0 Å². The molecule has 0 radical (unpaired) electrons. The number of likely N-dealkylation sites (N-methyl/N-ethyl adjacent to an activating group) is 1. The third kappa shape index (κ3) is 7.14. The topological polar surface area (TPSA) is 20.3 Å². The first kappa shape index (κ1) is 19.0. The Balaban J connectivity index is 0.000000238. The Morgan fingerprint density at radius 2 is 1.48 bits per heavy atom. The molecule has 0 aliphatic heterocycles. The minimum Gasteiger partial charge on any atom is -0.345 e. The Morgan fingerprint density at radius 3 is 1.96 bits per heavy atom. The predicted octanol–water partition coefficient (Wildman–Crippen LogP) is 4.91. The van der Waals surface area contributed by atoms with Gasteiger partial charge >= 0.3 is 0 Å². The number of carbonyl (C=O) groups is 1. The third-order valence-electron chi connectivity index (χ3n) is 4.22. The molecule has 0 bridgehead atoms. The highest BCUT2D eigenvalue weighted by molar-refractivity contribution is 5.47.